The average molecular weight is 387 g/mol. The van der Waals surface area contributed by atoms with Crippen LogP contribution in [0.2, 0.25) is 0 Å². The summed E-state index contributed by atoms with van der Waals surface area (Å²) in [5.41, 5.74) is 0.887. The molecule has 2 aliphatic heterocycles. The summed E-state index contributed by atoms with van der Waals surface area (Å²) in [7, 11) is 0. The Hall–Kier alpha value is -3.23. The van der Waals surface area contributed by atoms with Crippen LogP contribution in [0.4, 0.5) is 0 Å². The van der Waals surface area contributed by atoms with Crippen molar-refractivity contribution in [3.63, 3.8) is 0 Å². The molecule has 4 amide bonds. The zero-order valence-corrected chi connectivity index (χ0v) is 15.3. The first kappa shape index (κ1) is 19.5. The van der Waals surface area contributed by atoms with Gasteiger partial charge in [0.1, 0.15) is 6.54 Å². The molecule has 0 bridgehead atoms. The molecule has 1 N–H and O–H groups in total. The molecule has 0 radical (unpaired) electrons. The number of carbonyl (C=O) groups excluding carboxylic acids is 4. The molecule has 0 aromatic heterocycles. The summed E-state index contributed by atoms with van der Waals surface area (Å²) >= 11 is 0. The summed E-state index contributed by atoms with van der Waals surface area (Å²) in [6.07, 6.45) is 0.467. The molecule has 9 heteroatoms. The minimum Gasteiger partial charge on any atom is -0.478 e. The monoisotopic (exact) mass is 387 g/mol. The molecule has 0 spiro atoms. The van der Waals surface area contributed by atoms with Crippen LogP contribution in [0.1, 0.15) is 28.8 Å². The summed E-state index contributed by atoms with van der Waals surface area (Å²) < 4.78 is 0. The number of hydrogen-bond acceptors (Lipinski definition) is 5. The van der Waals surface area contributed by atoms with Crippen molar-refractivity contribution in [1.82, 2.24) is 14.7 Å². The third kappa shape index (κ3) is 4.36. The number of benzene rings is 1. The summed E-state index contributed by atoms with van der Waals surface area (Å²) in [4.78, 5) is 63.1. The van der Waals surface area contributed by atoms with E-state index in [0.717, 1.165) is 10.5 Å². The van der Waals surface area contributed by atoms with E-state index in [4.69, 9.17) is 5.11 Å². The maximum Gasteiger partial charge on any atom is 0.335 e. The van der Waals surface area contributed by atoms with Crippen LogP contribution in [-0.4, -0.2) is 82.1 Å². The lowest BCUT2D eigenvalue weighted by Crippen LogP contribution is -2.53. The van der Waals surface area contributed by atoms with Gasteiger partial charge in [-0.15, -0.1) is 0 Å². The zero-order chi connectivity index (χ0) is 20.3. The number of likely N-dealkylation sites (tertiary alicyclic amines) is 1. The minimum atomic E-state index is -1.02. The van der Waals surface area contributed by atoms with Crippen LogP contribution in [0, 0.1) is 0 Å². The summed E-state index contributed by atoms with van der Waals surface area (Å²) in [6.45, 7) is 1.21. The molecule has 1 aromatic carbocycles. The molecule has 0 atom stereocenters. The summed E-state index contributed by atoms with van der Waals surface area (Å²) in [6, 6.07) is 6.15. The second kappa shape index (κ2) is 8.20. The van der Waals surface area contributed by atoms with Gasteiger partial charge in [0.05, 0.1) is 12.0 Å². The number of rotatable bonds is 5. The molecular weight excluding hydrogens is 366 g/mol. The van der Waals surface area contributed by atoms with E-state index in [1.165, 1.54) is 12.1 Å². The fourth-order valence-corrected chi connectivity index (χ4v) is 3.29. The lowest BCUT2D eigenvalue weighted by atomic mass is 10.1. The van der Waals surface area contributed by atoms with Crippen molar-refractivity contribution < 1.29 is 29.1 Å². The highest BCUT2D eigenvalue weighted by molar-refractivity contribution is 6.04. The highest BCUT2D eigenvalue weighted by Gasteiger charge is 2.33. The third-order valence-electron chi connectivity index (χ3n) is 4.99. The van der Waals surface area contributed by atoms with Crippen LogP contribution in [0.15, 0.2) is 24.3 Å². The number of carboxylic acids is 1. The van der Waals surface area contributed by atoms with Crippen LogP contribution in [0.3, 0.4) is 0 Å². The highest BCUT2D eigenvalue weighted by atomic mass is 16.4. The molecule has 148 valence electrons. The number of imide groups is 1. The van der Waals surface area contributed by atoms with Crippen molar-refractivity contribution in [1.29, 1.82) is 0 Å². The zero-order valence-electron chi connectivity index (χ0n) is 15.3. The van der Waals surface area contributed by atoms with Crippen LogP contribution >= 0.6 is 0 Å². The van der Waals surface area contributed by atoms with E-state index in [-0.39, 0.29) is 55.0 Å². The van der Waals surface area contributed by atoms with Crippen LogP contribution in [-0.2, 0) is 25.6 Å². The van der Waals surface area contributed by atoms with E-state index in [2.05, 4.69) is 0 Å². The Bertz CT molecular complexity index is 795. The molecule has 2 saturated heterocycles. The van der Waals surface area contributed by atoms with Crippen LogP contribution < -0.4 is 0 Å². The minimum absolute atomic E-state index is 0.0972. The standard InChI is InChI=1S/C19H21N3O6/c23-15-5-6-16(24)22(15)12-18(26)21-9-7-20(8-10-21)17(25)11-13-1-3-14(4-2-13)19(27)28/h1-4H,5-12H2,(H,27,28). The number of hydrogen-bond donors (Lipinski definition) is 1. The van der Waals surface area contributed by atoms with Gasteiger partial charge >= 0.3 is 5.97 Å². The van der Waals surface area contributed by atoms with Gasteiger partial charge in [-0.25, -0.2) is 4.79 Å². The molecule has 0 aliphatic carbocycles. The fourth-order valence-electron chi connectivity index (χ4n) is 3.29. The smallest absolute Gasteiger partial charge is 0.335 e. The van der Waals surface area contributed by atoms with Gasteiger partial charge in [0, 0.05) is 39.0 Å². The Morgan fingerprint density at radius 3 is 1.82 bits per heavy atom. The highest BCUT2D eigenvalue weighted by Crippen LogP contribution is 2.13. The maximum atomic E-state index is 12.4. The molecule has 2 aliphatic rings. The number of nitrogens with zero attached hydrogens (tertiary/aromatic N) is 3. The molecule has 3 rings (SSSR count). The van der Waals surface area contributed by atoms with Gasteiger partial charge in [-0.1, -0.05) is 12.1 Å². The van der Waals surface area contributed by atoms with Crippen molar-refractivity contribution in [2.24, 2.45) is 0 Å². The second-order valence-corrected chi connectivity index (χ2v) is 6.81. The molecule has 2 heterocycles. The molecule has 28 heavy (non-hydrogen) atoms. The van der Waals surface area contributed by atoms with Crippen molar-refractivity contribution in [3.8, 4) is 0 Å². The van der Waals surface area contributed by atoms with Crippen LogP contribution in [0.5, 0.6) is 0 Å². The molecule has 0 saturated carbocycles. The van der Waals surface area contributed by atoms with Crippen molar-refractivity contribution in [2.75, 3.05) is 32.7 Å². The fraction of sp³-hybridized carbons (Fsp3) is 0.421. The van der Waals surface area contributed by atoms with Gasteiger partial charge in [0.15, 0.2) is 0 Å². The molecule has 0 unspecified atom stereocenters. The predicted molar refractivity (Wildman–Crippen MR) is 96.2 cm³/mol. The largest absolute Gasteiger partial charge is 0.478 e. The quantitative estimate of drug-likeness (QED) is 0.697. The molecule has 1 aromatic rings. The number of carbonyl (C=O) groups is 5. The first-order valence-corrected chi connectivity index (χ1v) is 9.06. The van der Waals surface area contributed by atoms with Gasteiger partial charge in [-0.05, 0) is 17.7 Å². The number of piperazine rings is 1. The molecule has 2 fully saturated rings. The Balaban J connectivity index is 1.48. The van der Waals surface area contributed by atoms with Crippen molar-refractivity contribution >= 4 is 29.6 Å². The van der Waals surface area contributed by atoms with Crippen molar-refractivity contribution in [2.45, 2.75) is 19.3 Å². The van der Waals surface area contributed by atoms with Gasteiger partial charge in [-0.2, -0.15) is 0 Å². The summed E-state index contributed by atoms with van der Waals surface area (Å²) in [5, 5.41) is 8.90. The first-order valence-electron chi connectivity index (χ1n) is 9.06. The van der Waals surface area contributed by atoms with Crippen LogP contribution in [0.25, 0.3) is 0 Å². The topological polar surface area (TPSA) is 115 Å². The Kier molecular flexibility index (Phi) is 5.72. The van der Waals surface area contributed by atoms with E-state index >= 15 is 0 Å². The van der Waals surface area contributed by atoms with E-state index in [9.17, 15) is 24.0 Å². The van der Waals surface area contributed by atoms with Gasteiger partial charge in [0.2, 0.25) is 23.6 Å². The number of amides is 4. The number of aromatic carboxylic acids is 1. The SMILES string of the molecule is O=C(O)c1ccc(CC(=O)N2CCN(C(=O)CN3C(=O)CCC3=O)CC2)cc1. The predicted octanol–water partition coefficient (Wildman–Crippen LogP) is -0.253. The third-order valence-corrected chi connectivity index (χ3v) is 4.99. The lowest BCUT2D eigenvalue weighted by Gasteiger charge is -2.35. The average Bonchev–Trinajstić information content (AvgIpc) is 3.00. The van der Waals surface area contributed by atoms with Crippen molar-refractivity contribution in [3.05, 3.63) is 35.4 Å². The number of carboxylic acid groups (broad SMARTS) is 1. The summed E-state index contributed by atoms with van der Waals surface area (Å²) in [5.74, 6) is -2.04. The van der Waals surface area contributed by atoms with Gasteiger partial charge < -0.3 is 14.9 Å². The lowest BCUT2D eigenvalue weighted by molar-refractivity contribution is -0.147. The molecular formula is C19H21N3O6. The second-order valence-electron chi connectivity index (χ2n) is 6.81. The Morgan fingerprint density at radius 1 is 0.821 bits per heavy atom. The van der Waals surface area contributed by atoms with E-state index in [1.54, 1.807) is 21.9 Å². The van der Waals surface area contributed by atoms with Gasteiger partial charge in [0.25, 0.3) is 0 Å². The molecule has 9 nitrogen and oxygen atoms in total. The Morgan fingerprint density at radius 2 is 1.32 bits per heavy atom. The van der Waals surface area contributed by atoms with E-state index in [0.29, 0.717) is 26.2 Å². The van der Waals surface area contributed by atoms with Gasteiger partial charge in [-0.3, -0.25) is 24.1 Å². The normalized spacial score (nSPS) is 17.2. The Labute approximate surface area is 161 Å². The maximum absolute atomic E-state index is 12.4. The van der Waals surface area contributed by atoms with E-state index in [1.807, 2.05) is 0 Å². The van der Waals surface area contributed by atoms with E-state index < -0.39 is 5.97 Å². The first-order chi connectivity index (χ1) is 13.3.